The number of ketones is 1. The van der Waals surface area contributed by atoms with E-state index in [4.69, 9.17) is 18.9 Å². The van der Waals surface area contributed by atoms with Gasteiger partial charge in [-0.2, -0.15) is 0 Å². The van der Waals surface area contributed by atoms with Crippen LogP contribution in [0.2, 0.25) is 0 Å². The number of Topliss-reactive ketones (excluding diaryl/α,β-unsaturated/α-hetero) is 1. The smallest absolute Gasteiger partial charge is 0.337 e. The predicted octanol–water partition coefficient (Wildman–Crippen LogP) is 4.39. The van der Waals surface area contributed by atoms with Crippen molar-refractivity contribution in [3.63, 3.8) is 0 Å². The van der Waals surface area contributed by atoms with Gasteiger partial charge in [-0.1, -0.05) is 12.1 Å². The van der Waals surface area contributed by atoms with Crippen molar-refractivity contribution in [3.05, 3.63) is 105 Å². The molecule has 9 heteroatoms. The number of methoxy groups -OCH3 is 2. The first-order chi connectivity index (χ1) is 19.3. The quantitative estimate of drug-likeness (QED) is 0.214. The zero-order valence-corrected chi connectivity index (χ0v) is 21.8. The zero-order chi connectivity index (χ0) is 28.1. The summed E-state index contributed by atoms with van der Waals surface area (Å²) in [5.74, 6) is -0.796. The summed E-state index contributed by atoms with van der Waals surface area (Å²) < 4.78 is 23.2. The highest BCUT2D eigenvalue weighted by atomic mass is 16.5. The SMILES string of the molecule is COC(=O)c1ccc(/C=C2\Oc3c(ccc4c3[C@H](c3cc5ccc(OC)cc5n(C)c3=O)CC(=O)O4)C2=O)cc1. The minimum absolute atomic E-state index is 0.0726. The van der Waals surface area contributed by atoms with Gasteiger partial charge in [0.2, 0.25) is 5.78 Å². The summed E-state index contributed by atoms with van der Waals surface area (Å²) in [6.45, 7) is 0. The van der Waals surface area contributed by atoms with Gasteiger partial charge in [0.25, 0.3) is 5.56 Å². The lowest BCUT2D eigenvalue weighted by Crippen LogP contribution is -2.29. The fraction of sp³-hybridized carbons (Fsp3) is 0.161. The first-order valence-corrected chi connectivity index (χ1v) is 12.5. The Balaban J connectivity index is 1.45. The van der Waals surface area contributed by atoms with Crippen LogP contribution in [0.3, 0.4) is 0 Å². The summed E-state index contributed by atoms with van der Waals surface area (Å²) in [5.41, 5.74) is 2.58. The lowest BCUT2D eigenvalue weighted by atomic mass is 9.84. The summed E-state index contributed by atoms with van der Waals surface area (Å²) in [6, 6.07) is 16.8. The molecule has 1 aromatic heterocycles. The van der Waals surface area contributed by atoms with E-state index >= 15 is 0 Å². The van der Waals surface area contributed by atoms with Crippen LogP contribution < -0.4 is 19.8 Å². The minimum Gasteiger partial charge on any atom is -0.497 e. The molecule has 0 spiro atoms. The van der Waals surface area contributed by atoms with Crippen molar-refractivity contribution in [2.24, 2.45) is 7.05 Å². The monoisotopic (exact) mass is 537 g/mol. The summed E-state index contributed by atoms with van der Waals surface area (Å²) in [6.07, 6.45) is 1.48. The van der Waals surface area contributed by atoms with E-state index in [0.717, 1.165) is 5.39 Å². The summed E-state index contributed by atoms with van der Waals surface area (Å²) in [4.78, 5) is 51.3. The molecule has 40 heavy (non-hydrogen) atoms. The van der Waals surface area contributed by atoms with Crippen LogP contribution in [0, 0.1) is 0 Å². The Morgan fingerprint density at radius 3 is 2.48 bits per heavy atom. The van der Waals surface area contributed by atoms with Crippen molar-refractivity contribution < 1.29 is 33.3 Å². The molecule has 3 aromatic carbocycles. The number of benzene rings is 3. The van der Waals surface area contributed by atoms with Crippen LogP contribution in [0.25, 0.3) is 17.0 Å². The standard InChI is InChI=1S/C31H23NO8/c1-32-23-14-19(37-2)9-8-18(23)13-22(30(32)35)21-15-26(33)39-24-11-10-20-28(34)25(40-29(20)27(21)24)12-16-4-6-17(7-5-16)31(36)38-3/h4-14,21H,15H2,1-3H3/b25-12-/t21-/m0/s1. The molecular formula is C31H23NO8. The number of rotatable bonds is 4. The van der Waals surface area contributed by atoms with E-state index in [9.17, 15) is 19.2 Å². The molecule has 0 amide bonds. The van der Waals surface area contributed by atoms with Gasteiger partial charge in [-0.05, 0) is 59.5 Å². The molecule has 0 aliphatic carbocycles. The van der Waals surface area contributed by atoms with Gasteiger partial charge in [0.1, 0.15) is 17.2 Å². The molecule has 1 atom stereocenters. The fourth-order valence-corrected chi connectivity index (χ4v) is 5.20. The van der Waals surface area contributed by atoms with Crippen molar-refractivity contribution in [1.29, 1.82) is 0 Å². The first-order valence-electron chi connectivity index (χ1n) is 12.5. The molecule has 0 saturated heterocycles. The summed E-state index contributed by atoms with van der Waals surface area (Å²) >= 11 is 0. The van der Waals surface area contributed by atoms with Crippen LogP contribution in [0.4, 0.5) is 0 Å². The molecule has 0 fully saturated rings. The van der Waals surface area contributed by atoms with Crippen LogP contribution in [0.5, 0.6) is 17.2 Å². The number of nitrogens with zero attached hydrogens (tertiary/aromatic N) is 1. The van der Waals surface area contributed by atoms with E-state index in [-0.39, 0.29) is 35.0 Å². The molecule has 0 unspecified atom stereocenters. The molecule has 2 aliphatic rings. The van der Waals surface area contributed by atoms with Crippen LogP contribution in [-0.4, -0.2) is 36.5 Å². The third-order valence-electron chi connectivity index (χ3n) is 7.25. The number of aromatic nitrogens is 1. The van der Waals surface area contributed by atoms with Crippen LogP contribution in [-0.2, 0) is 16.6 Å². The number of ether oxygens (including phenoxy) is 4. The number of carbonyl (C=O) groups excluding carboxylic acids is 3. The Hall–Kier alpha value is -5.18. The number of hydrogen-bond donors (Lipinski definition) is 0. The van der Waals surface area contributed by atoms with Crippen molar-refractivity contribution in [2.45, 2.75) is 12.3 Å². The van der Waals surface area contributed by atoms with Crippen molar-refractivity contribution in [1.82, 2.24) is 4.57 Å². The molecule has 0 bridgehead atoms. The highest BCUT2D eigenvalue weighted by Crippen LogP contribution is 2.48. The number of fused-ring (bicyclic) bond motifs is 4. The van der Waals surface area contributed by atoms with Gasteiger partial charge >= 0.3 is 11.9 Å². The Kier molecular flexibility index (Phi) is 5.99. The van der Waals surface area contributed by atoms with E-state index in [0.29, 0.717) is 39.1 Å². The van der Waals surface area contributed by atoms with Gasteiger partial charge in [-0.15, -0.1) is 0 Å². The number of esters is 2. The van der Waals surface area contributed by atoms with Crippen molar-refractivity contribution in [2.75, 3.05) is 14.2 Å². The number of hydrogen-bond acceptors (Lipinski definition) is 8. The molecule has 3 heterocycles. The largest absolute Gasteiger partial charge is 0.497 e. The van der Waals surface area contributed by atoms with Crippen LogP contribution in [0.1, 0.15) is 49.7 Å². The Labute approximate surface area is 228 Å². The Bertz CT molecular complexity index is 1830. The van der Waals surface area contributed by atoms with Gasteiger partial charge in [0.15, 0.2) is 5.76 Å². The minimum atomic E-state index is -0.692. The number of pyridine rings is 1. The fourth-order valence-electron chi connectivity index (χ4n) is 5.20. The maximum atomic E-state index is 13.6. The van der Waals surface area contributed by atoms with E-state index in [1.807, 2.05) is 6.07 Å². The van der Waals surface area contributed by atoms with Gasteiger partial charge in [-0.3, -0.25) is 14.4 Å². The molecule has 2 aliphatic heterocycles. The van der Waals surface area contributed by atoms with Gasteiger partial charge in [0.05, 0.1) is 37.3 Å². The molecule has 6 rings (SSSR count). The topological polar surface area (TPSA) is 110 Å². The second kappa shape index (κ2) is 9.53. The summed E-state index contributed by atoms with van der Waals surface area (Å²) in [7, 11) is 4.52. The first kappa shape index (κ1) is 25.1. The van der Waals surface area contributed by atoms with Crippen molar-refractivity contribution >= 4 is 34.7 Å². The van der Waals surface area contributed by atoms with E-state index in [1.54, 1.807) is 74.8 Å². The molecule has 0 N–H and O–H groups in total. The third kappa shape index (κ3) is 4.03. The maximum absolute atomic E-state index is 13.6. The highest BCUT2D eigenvalue weighted by molar-refractivity contribution is 6.15. The zero-order valence-electron chi connectivity index (χ0n) is 21.8. The molecule has 4 aromatic rings. The Morgan fingerprint density at radius 1 is 0.975 bits per heavy atom. The molecule has 9 nitrogen and oxygen atoms in total. The van der Waals surface area contributed by atoms with E-state index < -0.39 is 17.9 Å². The average Bonchev–Trinajstić information content (AvgIpc) is 3.28. The second-order valence-corrected chi connectivity index (χ2v) is 9.53. The number of allylic oxidation sites excluding steroid dienone is 1. The molecule has 0 saturated carbocycles. The maximum Gasteiger partial charge on any atom is 0.337 e. The number of aryl methyl sites for hydroxylation is 1. The van der Waals surface area contributed by atoms with Gasteiger partial charge < -0.3 is 23.5 Å². The van der Waals surface area contributed by atoms with E-state index in [1.165, 1.54) is 11.7 Å². The van der Waals surface area contributed by atoms with Crippen LogP contribution in [0.15, 0.2) is 71.2 Å². The molecule has 200 valence electrons. The Morgan fingerprint density at radius 2 is 1.75 bits per heavy atom. The second-order valence-electron chi connectivity index (χ2n) is 9.53. The van der Waals surface area contributed by atoms with Crippen LogP contribution >= 0.6 is 0 Å². The number of carbonyl (C=O) groups is 3. The van der Waals surface area contributed by atoms with Gasteiger partial charge in [-0.25, -0.2) is 4.79 Å². The van der Waals surface area contributed by atoms with Gasteiger partial charge in [0, 0.05) is 30.2 Å². The van der Waals surface area contributed by atoms with Crippen molar-refractivity contribution in [3.8, 4) is 17.2 Å². The average molecular weight is 538 g/mol. The van der Waals surface area contributed by atoms with E-state index in [2.05, 4.69) is 0 Å². The lowest BCUT2D eigenvalue weighted by molar-refractivity contribution is -0.135. The third-order valence-corrected chi connectivity index (χ3v) is 7.25. The lowest BCUT2D eigenvalue weighted by Gasteiger charge is -2.26. The predicted molar refractivity (Wildman–Crippen MR) is 145 cm³/mol. The highest BCUT2D eigenvalue weighted by Gasteiger charge is 2.39. The normalized spacial score (nSPS) is 16.8. The molecular weight excluding hydrogens is 514 g/mol. The molecule has 0 radical (unpaired) electrons. The summed E-state index contributed by atoms with van der Waals surface area (Å²) in [5, 5.41) is 0.791.